The van der Waals surface area contributed by atoms with Crippen LogP contribution in [0.15, 0.2) is 30.5 Å². The fraction of sp³-hybridized carbons (Fsp3) is 0.659. The molecule has 3 aromatic rings. The highest BCUT2D eigenvalue weighted by atomic mass is 16.5. The Morgan fingerprint density at radius 1 is 0.702 bits per heavy atom. The summed E-state index contributed by atoms with van der Waals surface area (Å²) in [5, 5.41) is 2.82. The molecule has 1 aromatic carbocycles. The SMILES string of the molecule is CCCCCCCCCCCCOC(=O)CC[C@H](NC(=O)c1ccc(N(C)Cc2cnc3nc(N)nc(N)c3n2)cc1)C(=O)OCCCCCCCCCCCC. The number of hydrogen-bond acceptors (Lipinski definition) is 12. The smallest absolute Gasteiger partial charge is 0.328 e. The van der Waals surface area contributed by atoms with Crippen LogP contribution in [0, 0.1) is 0 Å². The Morgan fingerprint density at radius 2 is 1.23 bits per heavy atom. The maximum atomic E-state index is 13.4. The maximum absolute atomic E-state index is 13.4. The van der Waals surface area contributed by atoms with Gasteiger partial charge in [-0.3, -0.25) is 9.59 Å². The standard InChI is InChI=1S/C44H70N8O5/c1-4-6-8-10-12-14-16-18-20-22-30-56-38(53)29-28-37(43(55)57-31-23-21-19-17-15-13-11-9-7-5-2)49-42(54)34-24-26-36(27-25-34)52(3)33-35-32-47-41-39(48-35)40(45)50-44(46)51-41/h24-27,32,37H,4-23,28-31,33H2,1-3H3,(H,49,54)(H4,45,46,47,50,51)/t37-/m0/s1. The molecule has 0 fully saturated rings. The van der Waals surface area contributed by atoms with Crippen LogP contribution in [0.1, 0.15) is 171 Å². The summed E-state index contributed by atoms with van der Waals surface area (Å²) in [7, 11) is 1.89. The highest BCUT2D eigenvalue weighted by Crippen LogP contribution is 2.20. The number of esters is 2. The Bertz CT molecular complexity index is 1610. The molecule has 0 saturated carbocycles. The topological polar surface area (TPSA) is 189 Å². The fourth-order valence-corrected chi connectivity index (χ4v) is 6.72. The normalized spacial score (nSPS) is 11.7. The lowest BCUT2D eigenvalue weighted by atomic mass is 10.1. The van der Waals surface area contributed by atoms with E-state index in [-0.39, 0.29) is 37.2 Å². The number of ether oxygens (including phenoxy) is 2. The van der Waals surface area contributed by atoms with Crippen molar-refractivity contribution in [1.29, 1.82) is 0 Å². The predicted molar refractivity (Wildman–Crippen MR) is 229 cm³/mol. The van der Waals surface area contributed by atoms with Gasteiger partial charge in [0.25, 0.3) is 5.91 Å². The van der Waals surface area contributed by atoms with Crippen LogP contribution >= 0.6 is 0 Å². The van der Waals surface area contributed by atoms with Crippen LogP contribution in [-0.2, 0) is 25.6 Å². The zero-order valence-electron chi connectivity index (χ0n) is 35.1. The molecule has 316 valence electrons. The number of nitrogen functional groups attached to an aromatic ring is 2. The summed E-state index contributed by atoms with van der Waals surface area (Å²) in [5.41, 5.74) is 14.2. The summed E-state index contributed by atoms with van der Waals surface area (Å²) in [6.45, 7) is 5.51. The van der Waals surface area contributed by atoms with Gasteiger partial charge in [0.05, 0.1) is 31.6 Å². The Morgan fingerprint density at radius 3 is 1.79 bits per heavy atom. The van der Waals surface area contributed by atoms with E-state index in [2.05, 4.69) is 39.1 Å². The van der Waals surface area contributed by atoms with Gasteiger partial charge in [0.2, 0.25) is 5.95 Å². The van der Waals surface area contributed by atoms with E-state index in [0.29, 0.717) is 35.6 Å². The molecule has 57 heavy (non-hydrogen) atoms. The van der Waals surface area contributed by atoms with Crippen molar-refractivity contribution >= 4 is 46.5 Å². The first kappa shape index (κ1) is 46.8. The third-order valence-corrected chi connectivity index (χ3v) is 10.2. The third-order valence-electron chi connectivity index (χ3n) is 10.2. The number of nitrogens with zero attached hydrogens (tertiary/aromatic N) is 5. The van der Waals surface area contributed by atoms with Crippen LogP contribution < -0.4 is 21.7 Å². The van der Waals surface area contributed by atoms with Crippen LogP contribution in [0.2, 0.25) is 0 Å². The summed E-state index contributed by atoms with van der Waals surface area (Å²) in [4.78, 5) is 58.2. The van der Waals surface area contributed by atoms with Crippen molar-refractivity contribution in [3.8, 4) is 0 Å². The minimum Gasteiger partial charge on any atom is -0.466 e. The van der Waals surface area contributed by atoms with E-state index in [1.54, 1.807) is 18.3 Å². The summed E-state index contributed by atoms with van der Waals surface area (Å²) < 4.78 is 11.1. The molecule has 1 atom stereocenters. The minimum atomic E-state index is -0.980. The number of anilines is 3. The first-order chi connectivity index (χ1) is 27.7. The quantitative estimate of drug-likeness (QED) is 0.0415. The van der Waals surface area contributed by atoms with Crippen molar-refractivity contribution in [3.05, 3.63) is 41.7 Å². The molecule has 13 nitrogen and oxygen atoms in total. The highest BCUT2D eigenvalue weighted by Gasteiger charge is 2.24. The number of nitrogens with one attached hydrogen (secondary N) is 1. The minimum absolute atomic E-state index is 0.00260. The second-order valence-electron chi connectivity index (χ2n) is 15.2. The molecule has 0 aliphatic heterocycles. The van der Waals surface area contributed by atoms with Gasteiger partial charge in [-0.05, 0) is 43.5 Å². The molecule has 3 rings (SSSR count). The van der Waals surface area contributed by atoms with Crippen molar-refractivity contribution < 1.29 is 23.9 Å². The van der Waals surface area contributed by atoms with Crippen molar-refractivity contribution in [2.45, 2.75) is 168 Å². The highest BCUT2D eigenvalue weighted by molar-refractivity contribution is 5.97. The van der Waals surface area contributed by atoms with Gasteiger partial charge in [-0.1, -0.05) is 129 Å². The molecular formula is C44H70N8O5. The summed E-state index contributed by atoms with van der Waals surface area (Å²) in [6, 6.07) is 6.02. The number of rotatable bonds is 31. The molecule has 0 saturated heterocycles. The number of aromatic nitrogens is 4. The second kappa shape index (κ2) is 27.9. The van der Waals surface area contributed by atoms with Gasteiger partial charge in [0.15, 0.2) is 17.0 Å². The molecule has 0 unspecified atom stereocenters. The van der Waals surface area contributed by atoms with Crippen molar-refractivity contribution in [2.75, 3.05) is 36.6 Å². The molecule has 13 heteroatoms. The molecule has 1 amide bonds. The Kier molecular flexibility index (Phi) is 23.0. The molecule has 0 bridgehead atoms. The number of fused-ring (bicyclic) bond motifs is 1. The Hall–Kier alpha value is -4.55. The van der Waals surface area contributed by atoms with Crippen molar-refractivity contribution in [2.24, 2.45) is 0 Å². The number of carbonyl (C=O) groups is 3. The molecule has 0 aliphatic carbocycles. The van der Waals surface area contributed by atoms with E-state index in [9.17, 15) is 14.4 Å². The lowest BCUT2D eigenvalue weighted by Gasteiger charge is -2.20. The molecule has 0 aliphatic rings. The number of unbranched alkanes of at least 4 members (excludes halogenated alkanes) is 18. The Labute approximate surface area is 340 Å². The van der Waals surface area contributed by atoms with Gasteiger partial charge < -0.3 is 31.2 Å². The monoisotopic (exact) mass is 791 g/mol. The molecule has 5 N–H and O–H groups in total. The molecule has 2 aromatic heterocycles. The van der Waals surface area contributed by atoms with Crippen molar-refractivity contribution in [3.63, 3.8) is 0 Å². The third kappa shape index (κ3) is 19.0. The summed E-state index contributed by atoms with van der Waals surface area (Å²) in [5.74, 6) is -1.15. The van der Waals surface area contributed by atoms with Crippen molar-refractivity contribution in [1.82, 2.24) is 25.3 Å². The number of benzene rings is 1. The van der Waals surface area contributed by atoms with Gasteiger partial charge in [-0.2, -0.15) is 9.97 Å². The van der Waals surface area contributed by atoms with E-state index >= 15 is 0 Å². The van der Waals surface area contributed by atoms with Crippen LogP contribution in [0.4, 0.5) is 17.5 Å². The van der Waals surface area contributed by atoms with E-state index in [1.165, 1.54) is 89.9 Å². The lowest BCUT2D eigenvalue weighted by Crippen LogP contribution is -2.42. The zero-order chi connectivity index (χ0) is 41.1. The van der Waals surface area contributed by atoms with Crippen LogP contribution in [0.5, 0.6) is 0 Å². The summed E-state index contributed by atoms with van der Waals surface area (Å²) in [6.07, 6.45) is 25.4. The number of hydrogen-bond donors (Lipinski definition) is 3. The molecular weight excluding hydrogens is 721 g/mol. The van der Waals surface area contributed by atoms with Crippen LogP contribution in [0.3, 0.4) is 0 Å². The van der Waals surface area contributed by atoms with Gasteiger partial charge in [-0.15, -0.1) is 0 Å². The van der Waals surface area contributed by atoms with Crippen LogP contribution in [-0.4, -0.2) is 64.1 Å². The van der Waals surface area contributed by atoms with E-state index in [0.717, 1.165) is 44.2 Å². The number of amides is 1. The molecule has 2 heterocycles. The van der Waals surface area contributed by atoms with Gasteiger partial charge >= 0.3 is 11.9 Å². The van der Waals surface area contributed by atoms with E-state index in [1.807, 2.05) is 24.1 Å². The largest absolute Gasteiger partial charge is 0.466 e. The first-order valence-corrected chi connectivity index (χ1v) is 21.7. The van der Waals surface area contributed by atoms with E-state index in [4.69, 9.17) is 20.9 Å². The summed E-state index contributed by atoms with van der Waals surface area (Å²) >= 11 is 0. The Balaban J connectivity index is 1.48. The van der Waals surface area contributed by atoms with E-state index < -0.39 is 17.9 Å². The van der Waals surface area contributed by atoms with Gasteiger partial charge in [0, 0.05) is 24.7 Å². The van der Waals surface area contributed by atoms with Gasteiger partial charge in [-0.25, -0.2) is 14.8 Å². The fourth-order valence-electron chi connectivity index (χ4n) is 6.72. The molecule has 0 spiro atoms. The van der Waals surface area contributed by atoms with Gasteiger partial charge in [0.1, 0.15) is 6.04 Å². The average Bonchev–Trinajstić information content (AvgIpc) is 3.20. The maximum Gasteiger partial charge on any atom is 0.328 e. The average molecular weight is 791 g/mol. The molecule has 0 radical (unpaired) electrons. The zero-order valence-corrected chi connectivity index (χ0v) is 35.1. The first-order valence-electron chi connectivity index (χ1n) is 21.7. The number of carbonyl (C=O) groups excluding carboxylic acids is 3. The van der Waals surface area contributed by atoms with Crippen LogP contribution in [0.25, 0.3) is 11.2 Å². The second-order valence-corrected chi connectivity index (χ2v) is 15.2. The lowest BCUT2D eigenvalue weighted by molar-refractivity contribution is -0.147. The number of nitrogens with two attached hydrogens (primary N) is 2. The predicted octanol–water partition coefficient (Wildman–Crippen LogP) is 9.03.